The molecule has 54 heavy (non-hydrogen) atoms. The Bertz CT molecular complexity index is 1750. The number of hydrogen-bond donors (Lipinski definition) is 11. The SMILES string of the molecule is C[C@@H]1NC(=O)[C@H](CC(C)(O)CO)NC(=O)[C@H](Cc2c[nH]c3ccccc23)NC(=O)[C@H](C)NC(=O)[C@@H]2C[C@H](O)CN2C(=O)[C@H](C)NC(=O)[C@@H]([C@H](C)O)NC1=O. The van der Waals surface area contributed by atoms with Gasteiger partial charge in [0.1, 0.15) is 42.3 Å². The molecule has 0 radical (unpaired) electrons. The molecular formula is C35H50N8O11. The molecule has 2 aromatic rings. The quantitative estimate of drug-likeness (QED) is 0.136. The van der Waals surface area contributed by atoms with Crippen molar-refractivity contribution in [3.63, 3.8) is 0 Å². The van der Waals surface area contributed by atoms with Crippen LogP contribution in [0.2, 0.25) is 0 Å². The lowest BCUT2D eigenvalue weighted by Gasteiger charge is -2.30. The van der Waals surface area contributed by atoms with Gasteiger partial charge in [-0.05, 0) is 46.2 Å². The van der Waals surface area contributed by atoms with Gasteiger partial charge in [0, 0.05) is 42.9 Å². The number of amides is 7. The monoisotopic (exact) mass is 758 g/mol. The highest BCUT2D eigenvalue weighted by molar-refractivity contribution is 5.99. The van der Waals surface area contributed by atoms with Gasteiger partial charge in [-0.15, -0.1) is 0 Å². The zero-order chi connectivity index (χ0) is 40.1. The maximum atomic E-state index is 14.0. The molecule has 7 amide bonds. The Hall–Kier alpha value is -5.11. The van der Waals surface area contributed by atoms with E-state index in [1.165, 1.54) is 34.6 Å². The minimum Gasteiger partial charge on any atom is -0.393 e. The van der Waals surface area contributed by atoms with E-state index in [1.807, 2.05) is 6.07 Å². The fraction of sp³-hybridized carbons (Fsp3) is 0.571. The second-order valence-corrected chi connectivity index (χ2v) is 14.4. The summed E-state index contributed by atoms with van der Waals surface area (Å²) in [5, 5.41) is 56.8. The number of carbonyl (C=O) groups excluding carboxylic acids is 7. The maximum Gasteiger partial charge on any atom is 0.245 e. The summed E-state index contributed by atoms with van der Waals surface area (Å²) in [6.07, 6.45) is -1.77. The number of carbonyl (C=O) groups is 7. The third-order valence-corrected chi connectivity index (χ3v) is 9.51. The summed E-state index contributed by atoms with van der Waals surface area (Å²) in [4.78, 5) is 98.8. The number of aliphatic hydroxyl groups is 4. The highest BCUT2D eigenvalue weighted by atomic mass is 16.3. The average molecular weight is 759 g/mol. The van der Waals surface area contributed by atoms with Crippen molar-refractivity contribution in [2.24, 2.45) is 0 Å². The van der Waals surface area contributed by atoms with Gasteiger partial charge < -0.3 is 62.2 Å². The Balaban J connectivity index is 1.73. The summed E-state index contributed by atoms with van der Waals surface area (Å²) in [6.45, 7) is 5.29. The number of aromatic amines is 1. The first-order valence-electron chi connectivity index (χ1n) is 17.7. The number of nitrogens with one attached hydrogen (secondary N) is 7. The van der Waals surface area contributed by atoms with Crippen LogP contribution in [0.25, 0.3) is 10.9 Å². The van der Waals surface area contributed by atoms with Crippen molar-refractivity contribution < 1.29 is 54.0 Å². The topological polar surface area (TPSA) is 292 Å². The van der Waals surface area contributed by atoms with Crippen molar-refractivity contribution >= 4 is 52.3 Å². The van der Waals surface area contributed by atoms with Gasteiger partial charge in [0.25, 0.3) is 0 Å². The van der Waals surface area contributed by atoms with E-state index in [4.69, 9.17) is 0 Å². The molecule has 0 aliphatic carbocycles. The van der Waals surface area contributed by atoms with Crippen molar-refractivity contribution in [1.29, 1.82) is 0 Å². The summed E-state index contributed by atoms with van der Waals surface area (Å²) in [6, 6.07) is -2.58. The molecule has 296 valence electrons. The molecule has 2 aliphatic heterocycles. The Kier molecular flexibility index (Phi) is 13.4. The molecule has 1 aromatic carbocycles. The van der Waals surface area contributed by atoms with Gasteiger partial charge in [-0.25, -0.2) is 0 Å². The van der Waals surface area contributed by atoms with Crippen molar-refractivity contribution in [3.05, 3.63) is 36.0 Å². The minimum absolute atomic E-state index is 0.109. The molecule has 1 unspecified atom stereocenters. The van der Waals surface area contributed by atoms with Crippen molar-refractivity contribution in [3.8, 4) is 0 Å². The highest BCUT2D eigenvalue weighted by Gasteiger charge is 2.42. The third-order valence-electron chi connectivity index (χ3n) is 9.51. The van der Waals surface area contributed by atoms with E-state index in [0.29, 0.717) is 5.56 Å². The van der Waals surface area contributed by atoms with Gasteiger partial charge in [0.05, 0.1) is 24.4 Å². The third kappa shape index (κ3) is 10.1. The van der Waals surface area contributed by atoms with Crippen LogP contribution in [-0.2, 0) is 40.0 Å². The largest absolute Gasteiger partial charge is 0.393 e. The van der Waals surface area contributed by atoms with E-state index >= 15 is 0 Å². The van der Waals surface area contributed by atoms with Crippen LogP contribution in [0.1, 0.15) is 53.0 Å². The summed E-state index contributed by atoms with van der Waals surface area (Å²) in [7, 11) is 0. The minimum atomic E-state index is -1.90. The molecule has 2 saturated heterocycles. The first-order chi connectivity index (χ1) is 25.3. The molecule has 3 heterocycles. The van der Waals surface area contributed by atoms with Gasteiger partial charge in [-0.2, -0.15) is 0 Å². The fourth-order valence-electron chi connectivity index (χ4n) is 6.37. The molecule has 11 N–H and O–H groups in total. The second kappa shape index (κ2) is 17.4. The Labute approximate surface area is 311 Å². The number of rotatable bonds is 6. The lowest BCUT2D eigenvalue weighted by molar-refractivity contribution is -0.142. The molecule has 2 aliphatic rings. The maximum absolute atomic E-state index is 14.0. The molecule has 2 fully saturated rings. The number of nitrogens with zero attached hydrogens (tertiary/aromatic N) is 1. The number of fused-ring (bicyclic) bond motifs is 2. The number of H-pyrrole nitrogens is 1. The lowest BCUT2D eigenvalue weighted by Crippen LogP contribution is -2.61. The van der Waals surface area contributed by atoms with E-state index < -0.39 is 114 Å². The predicted molar refractivity (Wildman–Crippen MR) is 191 cm³/mol. The summed E-state index contributed by atoms with van der Waals surface area (Å²) < 4.78 is 0. The summed E-state index contributed by atoms with van der Waals surface area (Å²) in [5.41, 5.74) is -0.541. The molecule has 0 saturated carbocycles. The van der Waals surface area contributed by atoms with E-state index in [2.05, 4.69) is 36.9 Å². The van der Waals surface area contributed by atoms with Gasteiger partial charge >= 0.3 is 0 Å². The smallest absolute Gasteiger partial charge is 0.245 e. The zero-order valence-corrected chi connectivity index (χ0v) is 30.7. The van der Waals surface area contributed by atoms with Crippen LogP contribution in [0.4, 0.5) is 0 Å². The van der Waals surface area contributed by atoms with Gasteiger partial charge in [0.15, 0.2) is 0 Å². The summed E-state index contributed by atoms with van der Waals surface area (Å²) in [5.74, 6) is -6.14. The van der Waals surface area contributed by atoms with Crippen LogP contribution < -0.4 is 31.9 Å². The van der Waals surface area contributed by atoms with Crippen molar-refractivity contribution in [2.45, 2.75) is 114 Å². The van der Waals surface area contributed by atoms with Crippen molar-refractivity contribution in [2.75, 3.05) is 13.2 Å². The first kappa shape index (κ1) is 41.6. The number of aromatic nitrogens is 1. The van der Waals surface area contributed by atoms with Crippen molar-refractivity contribution in [1.82, 2.24) is 41.8 Å². The van der Waals surface area contributed by atoms with Gasteiger partial charge in [-0.1, -0.05) is 18.2 Å². The van der Waals surface area contributed by atoms with E-state index in [9.17, 15) is 54.0 Å². The predicted octanol–water partition coefficient (Wildman–Crippen LogP) is -3.83. The zero-order valence-electron chi connectivity index (χ0n) is 30.7. The molecule has 10 atom stereocenters. The number of para-hydroxylation sites is 1. The molecule has 4 rings (SSSR count). The molecule has 0 spiro atoms. The van der Waals surface area contributed by atoms with Crippen LogP contribution in [0.3, 0.4) is 0 Å². The lowest BCUT2D eigenvalue weighted by atomic mass is 9.96. The normalized spacial score (nSPS) is 30.1. The van der Waals surface area contributed by atoms with Crippen LogP contribution in [0, 0.1) is 0 Å². The standard InChI is InChI=1S/C35H50N8O11/c1-16-28(47)40-24(10-20-13-36-23-9-7-6-8-22(20)23)30(49)41-25(12-35(5,54)15-44)31(50)37-17(2)29(48)42-27(19(4)45)33(52)39-18(3)34(53)43-14-21(46)11-26(43)32(51)38-16/h6-9,13,16-19,21,24-27,36,44-46,54H,10-12,14-15H2,1-5H3,(H,37,50)(H,38,51)(H,39,52)(H,40,47)(H,41,49)(H,42,48)/t16-,17-,18-,19-,21-,24-,25-,26-,27+,35?/m0/s1. The van der Waals surface area contributed by atoms with Gasteiger partial charge in [0.2, 0.25) is 41.4 Å². The molecule has 0 bridgehead atoms. The van der Waals surface area contributed by atoms with Crippen LogP contribution in [0.15, 0.2) is 30.5 Å². The van der Waals surface area contributed by atoms with Crippen LogP contribution >= 0.6 is 0 Å². The van der Waals surface area contributed by atoms with E-state index in [0.717, 1.165) is 15.8 Å². The Morgan fingerprint density at radius 2 is 1.37 bits per heavy atom. The first-order valence-corrected chi connectivity index (χ1v) is 17.7. The molecule has 19 heteroatoms. The van der Waals surface area contributed by atoms with E-state index in [-0.39, 0.29) is 19.4 Å². The van der Waals surface area contributed by atoms with Crippen LogP contribution in [-0.4, -0.2) is 145 Å². The number of benzene rings is 1. The van der Waals surface area contributed by atoms with Crippen LogP contribution in [0.5, 0.6) is 0 Å². The second-order valence-electron chi connectivity index (χ2n) is 14.4. The van der Waals surface area contributed by atoms with E-state index in [1.54, 1.807) is 24.4 Å². The molecular weight excluding hydrogens is 708 g/mol. The highest BCUT2D eigenvalue weighted by Crippen LogP contribution is 2.21. The average Bonchev–Trinajstić information content (AvgIpc) is 3.71. The Morgan fingerprint density at radius 1 is 0.796 bits per heavy atom. The summed E-state index contributed by atoms with van der Waals surface area (Å²) >= 11 is 0. The number of aliphatic hydroxyl groups excluding tert-OH is 3. The number of hydrogen-bond acceptors (Lipinski definition) is 11. The Morgan fingerprint density at radius 3 is 2.02 bits per heavy atom. The van der Waals surface area contributed by atoms with Gasteiger partial charge in [-0.3, -0.25) is 33.6 Å². The fourth-order valence-corrected chi connectivity index (χ4v) is 6.37. The molecule has 1 aromatic heterocycles. The molecule has 19 nitrogen and oxygen atoms in total.